The van der Waals surface area contributed by atoms with Crippen LogP contribution >= 0.6 is 0 Å². The first-order valence-electron chi connectivity index (χ1n) is 10.2. The molecule has 2 aromatic carbocycles. The first-order valence-corrected chi connectivity index (χ1v) is 10.2. The highest BCUT2D eigenvalue weighted by Crippen LogP contribution is 2.43. The topological polar surface area (TPSA) is 75.1 Å². The summed E-state index contributed by atoms with van der Waals surface area (Å²) in [4.78, 5) is 15.0. The van der Waals surface area contributed by atoms with Gasteiger partial charge >= 0.3 is 0 Å². The van der Waals surface area contributed by atoms with Crippen molar-refractivity contribution in [3.8, 4) is 34.3 Å². The SMILES string of the molecule is COc1ccc(CN(C)C(=O)c2nn(C)c3c2Cc2cc(OC)c(OC)cc2-3)cc1OC. The molecule has 3 aromatic rings. The summed E-state index contributed by atoms with van der Waals surface area (Å²) >= 11 is 0. The molecule has 8 nitrogen and oxygen atoms in total. The number of benzene rings is 2. The Labute approximate surface area is 187 Å². The first-order chi connectivity index (χ1) is 15.4. The predicted octanol–water partition coefficient (Wildman–Crippen LogP) is 3.30. The predicted molar refractivity (Wildman–Crippen MR) is 120 cm³/mol. The number of aromatic nitrogens is 2. The normalized spacial score (nSPS) is 11.6. The van der Waals surface area contributed by atoms with E-state index in [-0.39, 0.29) is 5.91 Å². The molecule has 1 amide bonds. The summed E-state index contributed by atoms with van der Waals surface area (Å²) in [6, 6.07) is 9.55. The van der Waals surface area contributed by atoms with Gasteiger partial charge in [0.2, 0.25) is 0 Å². The van der Waals surface area contributed by atoms with Crippen LogP contribution < -0.4 is 18.9 Å². The molecule has 4 rings (SSSR count). The van der Waals surface area contributed by atoms with E-state index in [9.17, 15) is 4.79 Å². The third-order valence-corrected chi connectivity index (χ3v) is 5.79. The number of carbonyl (C=O) groups is 1. The van der Waals surface area contributed by atoms with E-state index in [1.807, 2.05) is 37.4 Å². The highest BCUT2D eigenvalue weighted by Gasteiger charge is 2.32. The van der Waals surface area contributed by atoms with Crippen molar-refractivity contribution in [2.45, 2.75) is 13.0 Å². The Kier molecular flexibility index (Phi) is 5.69. The Morgan fingerprint density at radius 3 is 2.25 bits per heavy atom. The van der Waals surface area contributed by atoms with Crippen LogP contribution in [-0.2, 0) is 20.0 Å². The molecule has 0 radical (unpaired) electrons. The van der Waals surface area contributed by atoms with Gasteiger partial charge in [-0.25, -0.2) is 0 Å². The molecule has 0 unspecified atom stereocenters. The average Bonchev–Trinajstić information content (AvgIpc) is 3.33. The van der Waals surface area contributed by atoms with Crippen LogP contribution in [0.1, 0.15) is 27.2 Å². The van der Waals surface area contributed by atoms with Crippen molar-refractivity contribution in [2.75, 3.05) is 35.5 Å². The lowest BCUT2D eigenvalue weighted by Gasteiger charge is -2.18. The van der Waals surface area contributed by atoms with E-state index in [1.54, 1.807) is 45.1 Å². The maximum Gasteiger partial charge on any atom is 0.274 e. The summed E-state index contributed by atoms with van der Waals surface area (Å²) < 4.78 is 23.3. The van der Waals surface area contributed by atoms with Gasteiger partial charge in [0, 0.05) is 38.2 Å². The van der Waals surface area contributed by atoms with Crippen LogP contribution in [0, 0.1) is 0 Å². The number of carbonyl (C=O) groups excluding carboxylic acids is 1. The van der Waals surface area contributed by atoms with Gasteiger partial charge in [-0.05, 0) is 35.4 Å². The van der Waals surface area contributed by atoms with E-state index >= 15 is 0 Å². The molecule has 0 N–H and O–H groups in total. The number of rotatable bonds is 7. The standard InChI is InChI=1S/C24H27N3O5/c1-26(13-14-7-8-18(29-3)19(9-14)30-4)24(28)22-17-10-15-11-20(31-5)21(32-6)12-16(15)23(17)27(2)25-22/h7-9,11-12H,10,13H2,1-6H3. The molecule has 8 heteroatoms. The third-order valence-electron chi connectivity index (χ3n) is 5.79. The lowest BCUT2D eigenvalue weighted by molar-refractivity contribution is 0.0777. The fourth-order valence-electron chi connectivity index (χ4n) is 4.23. The molecule has 0 atom stereocenters. The van der Waals surface area contributed by atoms with Gasteiger partial charge < -0.3 is 23.8 Å². The van der Waals surface area contributed by atoms with Crippen LogP contribution in [0.2, 0.25) is 0 Å². The van der Waals surface area contributed by atoms with Gasteiger partial charge in [-0.15, -0.1) is 0 Å². The zero-order chi connectivity index (χ0) is 23.0. The molecule has 0 aliphatic heterocycles. The summed E-state index contributed by atoms with van der Waals surface area (Å²) in [6.07, 6.45) is 0.615. The highest BCUT2D eigenvalue weighted by molar-refractivity contribution is 5.97. The van der Waals surface area contributed by atoms with Crippen molar-refractivity contribution >= 4 is 5.91 Å². The van der Waals surface area contributed by atoms with Crippen molar-refractivity contribution in [3.05, 3.63) is 52.7 Å². The number of methoxy groups -OCH3 is 4. The second kappa shape index (κ2) is 8.45. The van der Waals surface area contributed by atoms with E-state index in [1.165, 1.54) is 0 Å². The van der Waals surface area contributed by atoms with E-state index in [2.05, 4.69) is 5.10 Å². The number of ether oxygens (including phenoxy) is 4. The summed E-state index contributed by atoms with van der Waals surface area (Å²) in [5.41, 5.74) is 5.34. The van der Waals surface area contributed by atoms with Gasteiger partial charge in [0.05, 0.1) is 34.1 Å². The van der Waals surface area contributed by atoms with Gasteiger partial charge in [-0.2, -0.15) is 5.10 Å². The van der Waals surface area contributed by atoms with Crippen molar-refractivity contribution in [1.29, 1.82) is 0 Å². The van der Waals surface area contributed by atoms with Crippen LogP contribution in [0.4, 0.5) is 0 Å². The Hall–Kier alpha value is -3.68. The highest BCUT2D eigenvalue weighted by atomic mass is 16.5. The second-order valence-corrected chi connectivity index (χ2v) is 7.69. The summed E-state index contributed by atoms with van der Waals surface area (Å²) in [5.74, 6) is 2.46. The lowest BCUT2D eigenvalue weighted by atomic mass is 10.1. The van der Waals surface area contributed by atoms with Crippen molar-refractivity contribution < 1.29 is 23.7 Å². The quantitative estimate of drug-likeness (QED) is 0.442. The smallest absolute Gasteiger partial charge is 0.274 e. The maximum atomic E-state index is 13.3. The lowest BCUT2D eigenvalue weighted by Crippen LogP contribution is -2.27. The summed E-state index contributed by atoms with van der Waals surface area (Å²) in [5, 5.41) is 4.56. The number of nitrogens with zero attached hydrogens (tertiary/aromatic N) is 3. The molecule has 1 aromatic heterocycles. The second-order valence-electron chi connectivity index (χ2n) is 7.69. The van der Waals surface area contributed by atoms with Crippen molar-refractivity contribution in [1.82, 2.24) is 14.7 Å². The van der Waals surface area contributed by atoms with E-state index in [0.29, 0.717) is 41.7 Å². The molecule has 1 aliphatic rings. The zero-order valence-electron chi connectivity index (χ0n) is 19.2. The molecule has 32 heavy (non-hydrogen) atoms. The molecule has 1 heterocycles. The Morgan fingerprint density at radius 2 is 1.59 bits per heavy atom. The molecule has 168 valence electrons. The van der Waals surface area contributed by atoms with Crippen LogP contribution in [0.5, 0.6) is 23.0 Å². The summed E-state index contributed by atoms with van der Waals surface area (Å²) in [7, 11) is 10.0. The maximum absolute atomic E-state index is 13.3. The minimum Gasteiger partial charge on any atom is -0.493 e. The van der Waals surface area contributed by atoms with Crippen molar-refractivity contribution in [2.24, 2.45) is 7.05 Å². The third kappa shape index (κ3) is 3.51. The summed E-state index contributed by atoms with van der Waals surface area (Å²) in [6.45, 7) is 0.416. The van der Waals surface area contributed by atoms with Crippen LogP contribution in [0.15, 0.2) is 30.3 Å². The molecular formula is C24H27N3O5. The van der Waals surface area contributed by atoms with Gasteiger partial charge in [0.1, 0.15) is 0 Å². The molecule has 0 bridgehead atoms. The number of hydrogen-bond donors (Lipinski definition) is 0. The Morgan fingerprint density at radius 1 is 0.969 bits per heavy atom. The van der Waals surface area contributed by atoms with Crippen LogP contribution in [0.25, 0.3) is 11.3 Å². The fourth-order valence-corrected chi connectivity index (χ4v) is 4.23. The number of fused-ring (bicyclic) bond motifs is 3. The largest absolute Gasteiger partial charge is 0.493 e. The number of amides is 1. The number of aryl methyl sites for hydroxylation is 1. The van der Waals surface area contributed by atoms with Gasteiger partial charge in [-0.1, -0.05) is 6.07 Å². The van der Waals surface area contributed by atoms with Gasteiger partial charge in [0.25, 0.3) is 5.91 Å². The van der Waals surface area contributed by atoms with Gasteiger partial charge in [0.15, 0.2) is 28.7 Å². The first kappa shape index (κ1) is 21.5. The molecule has 1 aliphatic carbocycles. The van der Waals surface area contributed by atoms with Crippen molar-refractivity contribution in [3.63, 3.8) is 0 Å². The van der Waals surface area contributed by atoms with Gasteiger partial charge in [-0.3, -0.25) is 9.48 Å². The van der Waals surface area contributed by atoms with E-state index < -0.39 is 0 Å². The Balaban J connectivity index is 1.63. The van der Waals surface area contributed by atoms with E-state index in [4.69, 9.17) is 18.9 Å². The van der Waals surface area contributed by atoms with Crippen LogP contribution in [-0.4, -0.2) is 56.1 Å². The van der Waals surface area contributed by atoms with E-state index in [0.717, 1.165) is 27.9 Å². The monoisotopic (exact) mass is 437 g/mol. The average molecular weight is 437 g/mol. The Bertz CT molecular complexity index is 1180. The number of hydrogen-bond acceptors (Lipinski definition) is 6. The fraction of sp³-hybridized carbons (Fsp3) is 0.333. The molecule has 0 saturated carbocycles. The minimum atomic E-state index is -0.136. The molecule has 0 spiro atoms. The van der Waals surface area contributed by atoms with Crippen LogP contribution in [0.3, 0.4) is 0 Å². The zero-order valence-corrected chi connectivity index (χ0v) is 19.2. The molecule has 0 saturated heterocycles. The molecular weight excluding hydrogens is 410 g/mol. The minimum absolute atomic E-state index is 0.136. The molecule has 0 fully saturated rings.